The van der Waals surface area contributed by atoms with Crippen LogP contribution < -0.4 is 5.46 Å². The molecule has 2 aromatic heterocycles. The number of fused-ring (bicyclic) bond motifs is 3. The number of benzene rings is 3. The highest BCUT2D eigenvalue weighted by atomic mass is 16.7. The predicted octanol–water partition coefficient (Wildman–Crippen LogP) is 6.14. The molecule has 1 aliphatic heterocycles. The number of hydrogen-bond acceptors (Lipinski definition) is 3. The monoisotopic (exact) mass is 446 g/mol. The van der Waals surface area contributed by atoms with E-state index in [0.29, 0.717) is 0 Å². The van der Waals surface area contributed by atoms with Crippen molar-refractivity contribution in [2.45, 2.75) is 38.9 Å². The third-order valence-corrected chi connectivity index (χ3v) is 7.33. The lowest BCUT2D eigenvalue weighted by Gasteiger charge is -2.32. The normalized spacial score (nSPS) is 17.0. The molecular weight excluding hydrogens is 419 g/mol. The SMILES string of the molecule is CC1(C)OB(c2ccc(-c3ccc(-n4c5ccccc5c5cccnc54)cc3)cc2)OC1(C)C. The van der Waals surface area contributed by atoms with Gasteiger partial charge in [0, 0.05) is 22.7 Å². The molecule has 0 saturated carbocycles. The van der Waals surface area contributed by atoms with Crippen LogP contribution in [-0.2, 0) is 9.31 Å². The third kappa shape index (κ3) is 3.27. The Kier molecular flexibility index (Phi) is 4.70. The molecule has 1 saturated heterocycles. The van der Waals surface area contributed by atoms with E-state index in [2.05, 4.69) is 116 Å². The number of hydrogen-bond donors (Lipinski definition) is 0. The Morgan fingerprint density at radius 2 is 1.26 bits per heavy atom. The molecule has 34 heavy (non-hydrogen) atoms. The van der Waals surface area contributed by atoms with Gasteiger partial charge in [0.2, 0.25) is 0 Å². The zero-order valence-corrected chi connectivity index (χ0v) is 19.9. The molecule has 0 unspecified atom stereocenters. The van der Waals surface area contributed by atoms with Gasteiger partial charge in [-0.2, -0.15) is 0 Å². The highest BCUT2D eigenvalue weighted by Crippen LogP contribution is 2.36. The van der Waals surface area contributed by atoms with Crippen LogP contribution in [0.5, 0.6) is 0 Å². The van der Waals surface area contributed by atoms with Crippen LogP contribution in [0.2, 0.25) is 0 Å². The predicted molar refractivity (Wildman–Crippen MR) is 140 cm³/mol. The number of pyridine rings is 1. The summed E-state index contributed by atoms with van der Waals surface area (Å²) in [5, 5.41) is 2.38. The van der Waals surface area contributed by atoms with Crippen LogP contribution in [0.25, 0.3) is 38.8 Å². The fraction of sp³-hybridized carbons (Fsp3) is 0.207. The van der Waals surface area contributed by atoms with Gasteiger partial charge < -0.3 is 9.31 Å². The van der Waals surface area contributed by atoms with E-state index in [1.54, 1.807) is 0 Å². The molecule has 0 spiro atoms. The first-order valence-corrected chi connectivity index (χ1v) is 11.7. The standard InChI is InChI=1S/C29H27BN2O2/c1-28(2)29(3,4)34-30(33-28)22-15-11-20(12-16-22)21-13-17-23(18-14-21)32-26-10-6-5-8-24(26)25-9-7-19-31-27(25)32/h5-19H,1-4H3. The average molecular weight is 446 g/mol. The Balaban J connectivity index is 1.32. The molecule has 0 bridgehead atoms. The minimum absolute atomic E-state index is 0.339. The maximum absolute atomic E-state index is 6.19. The van der Waals surface area contributed by atoms with Gasteiger partial charge in [0.1, 0.15) is 5.65 Å². The summed E-state index contributed by atoms with van der Waals surface area (Å²) in [6.07, 6.45) is 1.85. The van der Waals surface area contributed by atoms with Crippen LogP contribution in [0, 0.1) is 0 Å². The number of rotatable bonds is 3. The first-order chi connectivity index (χ1) is 16.3. The summed E-state index contributed by atoms with van der Waals surface area (Å²) in [6, 6.07) is 29.7. The first-order valence-electron chi connectivity index (χ1n) is 11.7. The first kappa shape index (κ1) is 21.1. The van der Waals surface area contributed by atoms with Gasteiger partial charge in [-0.1, -0.05) is 54.6 Å². The fourth-order valence-corrected chi connectivity index (χ4v) is 4.67. The van der Waals surface area contributed by atoms with Crippen molar-refractivity contribution in [3.63, 3.8) is 0 Å². The average Bonchev–Trinajstić information content (AvgIpc) is 3.29. The number of para-hydroxylation sites is 1. The third-order valence-electron chi connectivity index (χ3n) is 7.33. The molecule has 1 fully saturated rings. The van der Waals surface area contributed by atoms with Gasteiger partial charge in [0.05, 0.1) is 16.7 Å². The van der Waals surface area contributed by atoms with Crippen molar-refractivity contribution in [1.29, 1.82) is 0 Å². The van der Waals surface area contributed by atoms with E-state index in [1.807, 2.05) is 12.3 Å². The van der Waals surface area contributed by atoms with Gasteiger partial charge in [-0.3, -0.25) is 4.57 Å². The van der Waals surface area contributed by atoms with Crippen LogP contribution in [-0.4, -0.2) is 27.9 Å². The van der Waals surface area contributed by atoms with Crippen molar-refractivity contribution in [3.05, 3.63) is 91.1 Å². The van der Waals surface area contributed by atoms with Gasteiger partial charge in [0.25, 0.3) is 0 Å². The molecule has 3 heterocycles. The molecule has 5 heteroatoms. The zero-order chi connectivity index (χ0) is 23.5. The van der Waals surface area contributed by atoms with Gasteiger partial charge in [-0.25, -0.2) is 4.98 Å². The Morgan fingerprint density at radius 3 is 1.94 bits per heavy atom. The van der Waals surface area contributed by atoms with Crippen molar-refractivity contribution >= 4 is 34.5 Å². The van der Waals surface area contributed by atoms with Crippen LogP contribution >= 0.6 is 0 Å². The molecule has 0 N–H and O–H groups in total. The van der Waals surface area contributed by atoms with Crippen LogP contribution in [0.1, 0.15) is 27.7 Å². The van der Waals surface area contributed by atoms with Crippen molar-refractivity contribution in [2.75, 3.05) is 0 Å². The van der Waals surface area contributed by atoms with Gasteiger partial charge in [0.15, 0.2) is 0 Å². The molecule has 0 atom stereocenters. The maximum Gasteiger partial charge on any atom is 0.494 e. The van der Waals surface area contributed by atoms with Crippen molar-refractivity contribution in [3.8, 4) is 16.8 Å². The van der Waals surface area contributed by atoms with Gasteiger partial charge in [-0.15, -0.1) is 0 Å². The topological polar surface area (TPSA) is 36.3 Å². The lowest BCUT2D eigenvalue weighted by molar-refractivity contribution is 0.00578. The van der Waals surface area contributed by atoms with E-state index >= 15 is 0 Å². The van der Waals surface area contributed by atoms with Crippen LogP contribution in [0.4, 0.5) is 0 Å². The lowest BCUT2D eigenvalue weighted by Crippen LogP contribution is -2.41. The Morgan fingerprint density at radius 1 is 0.676 bits per heavy atom. The summed E-state index contributed by atoms with van der Waals surface area (Å²) in [7, 11) is -0.343. The maximum atomic E-state index is 6.19. The highest BCUT2D eigenvalue weighted by molar-refractivity contribution is 6.62. The zero-order valence-electron chi connectivity index (χ0n) is 19.9. The van der Waals surface area contributed by atoms with E-state index < -0.39 is 0 Å². The summed E-state index contributed by atoms with van der Waals surface area (Å²) >= 11 is 0. The van der Waals surface area contributed by atoms with Crippen LogP contribution in [0.15, 0.2) is 91.1 Å². The van der Waals surface area contributed by atoms with Gasteiger partial charge >= 0.3 is 7.12 Å². The minimum Gasteiger partial charge on any atom is -0.399 e. The summed E-state index contributed by atoms with van der Waals surface area (Å²) in [5.74, 6) is 0. The Bertz CT molecular complexity index is 1430. The molecule has 0 amide bonds. The largest absolute Gasteiger partial charge is 0.494 e. The molecule has 4 nitrogen and oxygen atoms in total. The fourth-order valence-electron chi connectivity index (χ4n) is 4.67. The number of aromatic nitrogens is 2. The van der Waals surface area contributed by atoms with E-state index in [-0.39, 0.29) is 18.3 Å². The second kappa shape index (κ2) is 7.56. The van der Waals surface area contributed by atoms with E-state index in [9.17, 15) is 0 Å². The van der Waals surface area contributed by atoms with E-state index in [4.69, 9.17) is 9.31 Å². The molecular formula is C29H27BN2O2. The molecule has 5 aromatic rings. The molecule has 1 aliphatic rings. The molecule has 0 radical (unpaired) electrons. The summed E-state index contributed by atoms with van der Waals surface area (Å²) in [5.41, 5.74) is 5.92. The second-order valence-electron chi connectivity index (χ2n) is 9.98. The highest BCUT2D eigenvalue weighted by Gasteiger charge is 2.51. The minimum atomic E-state index is -0.343. The van der Waals surface area contributed by atoms with E-state index in [0.717, 1.165) is 33.4 Å². The molecule has 3 aromatic carbocycles. The second-order valence-corrected chi connectivity index (χ2v) is 9.98. The summed E-state index contributed by atoms with van der Waals surface area (Å²) < 4.78 is 14.6. The quantitative estimate of drug-likeness (QED) is 0.312. The molecule has 168 valence electrons. The van der Waals surface area contributed by atoms with Crippen molar-refractivity contribution in [1.82, 2.24) is 9.55 Å². The lowest BCUT2D eigenvalue weighted by atomic mass is 9.78. The van der Waals surface area contributed by atoms with Crippen LogP contribution in [0.3, 0.4) is 0 Å². The Hall–Kier alpha value is -3.41. The summed E-state index contributed by atoms with van der Waals surface area (Å²) in [6.45, 7) is 8.32. The molecule has 6 rings (SSSR count). The van der Waals surface area contributed by atoms with Gasteiger partial charge in [-0.05, 0) is 74.6 Å². The smallest absolute Gasteiger partial charge is 0.399 e. The van der Waals surface area contributed by atoms with E-state index in [1.165, 1.54) is 10.8 Å². The van der Waals surface area contributed by atoms with Crippen molar-refractivity contribution < 1.29 is 9.31 Å². The number of nitrogens with zero attached hydrogens (tertiary/aromatic N) is 2. The van der Waals surface area contributed by atoms with Crippen molar-refractivity contribution in [2.24, 2.45) is 0 Å². The molecule has 0 aliphatic carbocycles. The summed E-state index contributed by atoms with van der Waals surface area (Å²) in [4.78, 5) is 4.68. The Labute approximate surface area is 200 Å².